The summed E-state index contributed by atoms with van der Waals surface area (Å²) in [6, 6.07) is 0.499. The zero-order chi connectivity index (χ0) is 11.4. The van der Waals surface area contributed by atoms with E-state index < -0.39 is 5.97 Å². The van der Waals surface area contributed by atoms with Gasteiger partial charge in [-0.1, -0.05) is 20.8 Å². The number of carbonyl (C=O) groups is 1. The van der Waals surface area contributed by atoms with Crippen LogP contribution in [0.1, 0.15) is 40.0 Å². The van der Waals surface area contributed by atoms with E-state index in [0.29, 0.717) is 12.0 Å². The molecule has 3 nitrogen and oxygen atoms in total. The van der Waals surface area contributed by atoms with E-state index in [2.05, 4.69) is 25.7 Å². The Morgan fingerprint density at radius 3 is 2.53 bits per heavy atom. The minimum Gasteiger partial charge on any atom is -0.480 e. The first-order chi connectivity index (χ1) is 6.99. The van der Waals surface area contributed by atoms with Gasteiger partial charge in [-0.25, -0.2) is 0 Å². The molecule has 0 aromatic carbocycles. The molecule has 0 heterocycles. The summed E-state index contributed by atoms with van der Waals surface area (Å²) in [7, 11) is 0. The van der Waals surface area contributed by atoms with Crippen molar-refractivity contribution < 1.29 is 9.90 Å². The molecule has 0 aliphatic heterocycles. The lowest BCUT2D eigenvalue weighted by Crippen LogP contribution is -2.40. The van der Waals surface area contributed by atoms with Crippen LogP contribution in [0.15, 0.2) is 0 Å². The SMILES string of the molecule is CC(C)CN(CC(=O)O)C1CCC(C)C1. The van der Waals surface area contributed by atoms with E-state index in [-0.39, 0.29) is 6.54 Å². The molecule has 2 unspecified atom stereocenters. The Labute approximate surface area is 92.5 Å². The van der Waals surface area contributed by atoms with Crippen LogP contribution in [0, 0.1) is 11.8 Å². The lowest BCUT2D eigenvalue weighted by atomic mass is 10.1. The first kappa shape index (κ1) is 12.5. The van der Waals surface area contributed by atoms with Crippen LogP contribution >= 0.6 is 0 Å². The highest BCUT2D eigenvalue weighted by Crippen LogP contribution is 2.29. The van der Waals surface area contributed by atoms with E-state index in [1.54, 1.807) is 0 Å². The highest BCUT2D eigenvalue weighted by Gasteiger charge is 2.28. The third-order valence-corrected chi connectivity index (χ3v) is 3.12. The maximum absolute atomic E-state index is 10.8. The number of carboxylic acid groups (broad SMARTS) is 1. The van der Waals surface area contributed by atoms with Crippen LogP contribution in [0.4, 0.5) is 0 Å². The summed E-state index contributed by atoms with van der Waals surface area (Å²) in [6.07, 6.45) is 3.58. The lowest BCUT2D eigenvalue weighted by molar-refractivity contribution is -0.139. The maximum Gasteiger partial charge on any atom is 0.317 e. The summed E-state index contributed by atoms with van der Waals surface area (Å²) in [6.45, 7) is 7.66. The molecule has 1 saturated carbocycles. The zero-order valence-corrected chi connectivity index (χ0v) is 10.1. The zero-order valence-electron chi connectivity index (χ0n) is 10.1. The minimum absolute atomic E-state index is 0.204. The van der Waals surface area contributed by atoms with Crippen molar-refractivity contribution in [3.05, 3.63) is 0 Å². The molecule has 0 radical (unpaired) electrons. The van der Waals surface area contributed by atoms with Crippen molar-refractivity contribution in [2.45, 2.75) is 46.1 Å². The van der Waals surface area contributed by atoms with Crippen molar-refractivity contribution in [1.29, 1.82) is 0 Å². The highest BCUT2D eigenvalue weighted by molar-refractivity contribution is 5.69. The fourth-order valence-corrected chi connectivity index (χ4v) is 2.49. The van der Waals surface area contributed by atoms with Crippen molar-refractivity contribution >= 4 is 5.97 Å². The summed E-state index contributed by atoms with van der Waals surface area (Å²) >= 11 is 0. The summed E-state index contributed by atoms with van der Waals surface area (Å²) in [5.41, 5.74) is 0. The highest BCUT2D eigenvalue weighted by atomic mass is 16.4. The molecule has 0 amide bonds. The van der Waals surface area contributed by atoms with E-state index in [9.17, 15) is 4.79 Å². The van der Waals surface area contributed by atoms with Crippen LogP contribution in [-0.4, -0.2) is 35.1 Å². The summed E-state index contributed by atoms with van der Waals surface area (Å²) in [5, 5.41) is 8.88. The Morgan fingerprint density at radius 2 is 2.13 bits per heavy atom. The van der Waals surface area contributed by atoms with Gasteiger partial charge < -0.3 is 5.11 Å². The second-order valence-electron chi connectivity index (χ2n) is 5.29. The third-order valence-electron chi connectivity index (χ3n) is 3.12. The number of aliphatic carboxylic acids is 1. The first-order valence-corrected chi connectivity index (χ1v) is 5.95. The van der Waals surface area contributed by atoms with Crippen LogP contribution < -0.4 is 0 Å². The van der Waals surface area contributed by atoms with Crippen LogP contribution in [0.25, 0.3) is 0 Å². The molecule has 88 valence electrons. The molecule has 0 aromatic heterocycles. The monoisotopic (exact) mass is 213 g/mol. The summed E-state index contributed by atoms with van der Waals surface area (Å²) < 4.78 is 0. The molecule has 1 N–H and O–H groups in total. The molecule has 3 heteroatoms. The molecule has 2 atom stereocenters. The average molecular weight is 213 g/mol. The topological polar surface area (TPSA) is 40.5 Å². The van der Waals surface area contributed by atoms with Gasteiger partial charge in [0.1, 0.15) is 0 Å². The Kier molecular flexibility index (Phi) is 4.58. The van der Waals surface area contributed by atoms with Crippen LogP contribution in [0.3, 0.4) is 0 Å². The molecule has 0 aromatic rings. The Morgan fingerprint density at radius 1 is 1.47 bits per heavy atom. The number of hydrogen-bond acceptors (Lipinski definition) is 2. The molecule has 0 spiro atoms. The van der Waals surface area contributed by atoms with E-state index in [1.165, 1.54) is 19.3 Å². The van der Waals surface area contributed by atoms with Gasteiger partial charge in [-0.2, -0.15) is 0 Å². The van der Waals surface area contributed by atoms with Gasteiger partial charge >= 0.3 is 5.97 Å². The molecule has 1 aliphatic carbocycles. The van der Waals surface area contributed by atoms with Crippen molar-refractivity contribution in [2.24, 2.45) is 11.8 Å². The molecular formula is C12H23NO2. The van der Waals surface area contributed by atoms with E-state index in [0.717, 1.165) is 12.5 Å². The van der Waals surface area contributed by atoms with Gasteiger partial charge in [-0.05, 0) is 31.1 Å². The lowest BCUT2D eigenvalue weighted by Gasteiger charge is -2.28. The number of nitrogens with zero attached hydrogens (tertiary/aromatic N) is 1. The summed E-state index contributed by atoms with van der Waals surface area (Å²) in [4.78, 5) is 12.9. The third kappa shape index (κ3) is 4.20. The fraction of sp³-hybridized carbons (Fsp3) is 0.917. The quantitative estimate of drug-likeness (QED) is 0.761. The van der Waals surface area contributed by atoms with Gasteiger partial charge in [0.25, 0.3) is 0 Å². The van der Waals surface area contributed by atoms with Crippen LogP contribution in [-0.2, 0) is 4.79 Å². The van der Waals surface area contributed by atoms with Gasteiger partial charge in [0.15, 0.2) is 0 Å². The van der Waals surface area contributed by atoms with Crippen molar-refractivity contribution in [2.75, 3.05) is 13.1 Å². The van der Waals surface area contributed by atoms with Crippen molar-refractivity contribution in [3.63, 3.8) is 0 Å². The Bertz CT molecular complexity index is 216. The molecule has 15 heavy (non-hydrogen) atoms. The largest absolute Gasteiger partial charge is 0.480 e. The molecule has 1 fully saturated rings. The number of carboxylic acids is 1. The molecule has 1 rings (SSSR count). The van der Waals surface area contributed by atoms with E-state index in [4.69, 9.17) is 5.11 Å². The molecular weight excluding hydrogens is 190 g/mol. The molecule has 0 saturated heterocycles. The molecule has 1 aliphatic rings. The second kappa shape index (κ2) is 5.50. The second-order valence-corrected chi connectivity index (χ2v) is 5.29. The van der Waals surface area contributed by atoms with Crippen molar-refractivity contribution in [1.82, 2.24) is 4.90 Å². The van der Waals surface area contributed by atoms with Gasteiger partial charge in [-0.3, -0.25) is 9.69 Å². The first-order valence-electron chi connectivity index (χ1n) is 5.95. The minimum atomic E-state index is -0.699. The number of rotatable bonds is 5. The van der Waals surface area contributed by atoms with Gasteiger partial charge in [0.2, 0.25) is 0 Å². The van der Waals surface area contributed by atoms with E-state index >= 15 is 0 Å². The van der Waals surface area contributed by atoms with Crippen LogP contribution in [0.5, 0.6) is 0 Å². The predicted molar refractivity (Wildman–Crippen MR) is 60.8 cm³/mol. The summed E-state index contributed by atoms with van der Waals surface area (Å²) in [5.74, 6) is 0.605. The molecule has 0 bridgehead atoms. The van der Waals surface area contributed by atoms with Crippen LogP contribution in [0.2, 0.25) is 0 Å². The van der Waals surface area contributed by atoms with Gasteiger partial charge in [-0.15, -0.1) is 0 Å². The maximum atomic E-state index is 10.8. The fourth-order valence-electron chi connectivity index (χ4n) is 2.49. The Hall–Kier alpha value is -0.570. The van der Waals surface area contributed by atoms with E-state index in [1.807, 2.05) is 0 Å². The number of hydrogen-bond donors (Lipinski definition) is 1. The normalized spacial score (nSPS) is 26.5. The van der Waals surface area contributed by atoms with Gasteiger partial charge in [0, 0.05) is 12.6 Å². The Balaban J connectivity index is 2.51. The standard InChI is InChI=1S/C12H23NO2/c1-9(2)7-13(8-12(14)15)11-5-4-10(3)6-11/h9-11H,4-8H2,1-3H3,(H,14,15). The van der Waals surface area contributed by atoms with Crippen molar-refractivity contribution in [3.8, 4) is 0 Å². The predicted octanol–water partition coefficient (Wildman–Crippen LogP) is 2.22. The smallest absolute Gasteiger partial charge is 0.317 e. The van der Waals surface area contributed by atoms with Gasteiger partial charge in [0.05, 0.1) is 6.54 Å². The average Bonchev–Trinajstić information content (AvgIpc) is 2.48.